The predicted molar refractivity (Wildman–Crippen MR) is 50.9 cm³/mol. The molecule has 0 aliphatic heterocycles. The highest BCUT2D eigenvalue weighted by atomic mass is 35.5. The molecule has 4 heteroatoms. The number of nitrogens with zero attached hydrogens (tertiary/aromatic N) is 2. The highest BCUT2D eigenvalue weighted by molar-refractivity contribution is 6.68. The minimum atomic E-state index is -0.476. The van der Waals surface area contributed by atoms with Gasteiger partial charge in [0.05, 0.1) is 5.52 Å². The summed E-state index contributed by atoms with van der Waals surface area (Å²) < 4.78 is 1.50. The van der Waals surface area contributed by atoms with E-state index in [9.17, 15) is 4.79 Å². The molecule has 0 aliphatic carbocycles. The second-order valence-electron chi connectivity index (χ2n) is 2.76. The third-order valence-electron chi connectivity index (χ3n) is 1.93. The van der Waals surface area contributed by atoms with Gasteiger partial charge in [0.25, 0.3) is 5.24 Å². The van der Waals surface area contributed by atoms with Crippen LogP contribution in [0.2, 0.25) is 0 Å². The Morgan fingerprint density at radius 2 is 2.15 bits per heavy atom. The first-order valence-electron chi connectivity index (χ1n) is 3.81. The molecule has 1 aromatic carbocycles. The summed E-state index contributed by atoms with van der Waals surface area (Å²) in [6, 6.07) is 7.40. The highest BCUT2D eigenvalue weighted by Crippen LogP contribution is 2.18. The first kappa shape index (κ1) is 8.26. The van der Waals surface area contributed by atoms with Gasteiger partial charge in [-0.25, -0.2) is 0 Å². The van der Waals surface area contributed by atoms with Crippen molar-refractivity contribution in [2.24, 2.45) is 7.05 Å². The number of aryl methyl sites for hydroxylation is 1. The van der Waals surface area contributed by atoms with Crippen molar-refractivity contribution < 1.29 is 4.79 Å². The van der Waals surface area contributed by atoms with Gasteiger partial charge in [0.15, 0.2) is 0 Å². The summed E-state index contributed by atoms with van der Waals surface area (Å²) in [6.07, 6.45) is 0. The zero-order valence-electron chi connectivity index (χ0n) is 6.99. The number of hydrogen-bond acceptors (Lipinski definition) is 2. The van der Waals surface area contributed by atoms with E-state index < -0.39 is 5.24 Å². The van der Waals surface area contributed by atoms with Gasteiger partial charge in [0.2, 0.25) is 0 Å². The molecule has 0 amide bonds. The number of aromatic nitrogens is 2. The van der Waals surface area contributed by atoms with Crippen LogP contribution < -0.4 is 0 Å². The first-order chi connectivity index (χ1) is 6.20. The van der Waals surface area contributed by atoms with Crippen LogP contribution in [-0.2, 0) is 7.05 Å². The average Bonchev–Trinajstić information content (AvgIpc) is 2.39. The molecule has 0 spiro atoms. The van der Waals surface area contributed by atoms with Crippen LogP contribution in [0.15, 0.2) is 24.3 Å². The van der Waals surface area contributed by atoms with Crippen LogP contribution >= 0.6 is 11.6 Å². The molecule has 0 N–H and O–H groups in total. The van der Waals surface area contributed by atoms with E-state index in [4.69, 9.17) is 11.6 Å². The lowest BCUT2D eigenvalue weighted by Gasteiger charge is -1.93. The number of fused-ring (bicyclic) bond motifs is 1. The quantitative estimate of drug-likeness (QED) is 0.651. The lowest BCUT2D eigenvalue weighted by molar-refractivity contribution is 0.107. The SMILES string of the molecule is Cn1nc2ccccc2c1C(=O)Cl. The van der Waals surface area contributed by atoms with Crippen LogP contribution in [0.25, 0.3) is 10.9 Å². The van der Waals surface area contributed by atoms with Crippen molar-refractivity contribution in [3.8, 4) is 0 Å². The summed E-state index contributed by atoms with van der Waals surface area (Å²) in [7, 11) is 1.70. The number of rotatable bonds is 1. The molecular formula is C9H7ClN2O. The van der Waals surface area contributed by atoms with Crippen molar-refractivity contribution in [2.75, 3.05) is 0 Å². The fourth-order valence-corrected chi connectivity index (χ4v) is 1.60. The summed E-state index contributed by atoms with van der Waals surface area (Å²) in [6.45, 7) is 0. The Hall–Kier alpha value is -1.35. The summed E-state index contributed by atoms with van der Waals surface area (Å²) in [5.74, 6) is 0. The van der Waals surface area contributed by atoms with Gasteiger partial charge in [0.1, 0.15) is 5.69 Å². The Labute approximate surface area is 79.9 Å². The van der Waals surface area contributed by atoms with Crippen molar-refractivity contribution in [3.05, 3.63) is 30.0 Å². The van der Waals surface area contributed by atoms with Crippen LogP contribution in [0, 0.1) is 0 Å². The number of halogens is 1. The largest absolute Gasteiger partial charge is 0.274 e. The molecule has 1 aromatic heterocycles. The van der Waals surface area contributed by atoms with Crippen molar-refractivity contribution >= 4 is 27.7 Å². The number of carbonyl (C=O) groups excluding carboxylic acids is 1. The van der Waals surface area contributed by atoms with E-state index in [1.165, 1.54) is 4.68 Å². The number of carbonyl (C=O) groups is 1. The van der Waals surface area contributed by atoms with E-state index in [2.05, 4.69) is 5.10 Å². The third kappa shape index (κ3) is 1.21. The smallest absolute Gasteiger partial charge is 0.271 e. The van der Waals surface area contributed by atoms with Gasteiger partial charge in [-0.15, -0.1) is 0 Å². The maximum absolute atomic E-state index is 11.0. The van der Waals surface area contributed by atoms with Crippen LogP contribution in [0.4, 0.5) is 0 Å². The molecule has 0 saturated carbocycles. The molecule has 0 aliphatic rings. The van der Waals surface area contributed by atoms with Gasteiger partial charge in [-0.1, -0.05) is 18.2 Å². The minimum Gasteiger partial charge on any atom is -0.274 e. The molecule has 1 heterocycles. The monoisotopic (exact) mass is 194 g/mol. The topological polar surface area (TPSA) is 34.9 Å². The Bertz CT molecular complexity index is 475. The van der Waals surface area contributed by atoms with Crippen molar-refractivity contribution in [2.45, 2.75) is 0 Å². The molecule has 2 rings (SSSR count). The fraction of sp³-hybridized carbons (Fsp3) is 0.111. The molecule has 13 heavy (non-hydrogen) atoms. The van der Waals surface area contributed by atoms with Crippen molar-refractivity contribution in [3.63, 3.8) is 0 Å². The molecule has 0 unspecified atom stereocenters. The maximum Gasteiger partial charge on any atom is 0.271 e. The van der Waals surface area contributed by atoms with Crippen molar-refractivity contribution in [1.82, 2.24) is 9.78 Å². The molecule has 66 valence electrons. The van der Waals surface area contributed by atoms with Gasteiger partial charge in [-0.2, -0.15) is 5.10 Å². The van der Waals surface area contributed by atoms with Crippen LogP contribution in [0.5, 0.6) is 0 Å². The van der Waals surface area contributed by atoms with Crippen LogP contribution in [0.3, 0.4) is 0 Å². The standard InChI is InChI=1S/C9H7ClN2O/c1-12-8(9(10)13)6-4-2-3-5-7(6)11-12/h2-5H,1H3. The minimum absolute atomic E-state index is 0.442. The maximum atomic E-state index is 11.0. The normalized spacial score (nSPS) is 10.6. The Morgan fingerprint density at radius 3 is 2.85 bits per heavy atom. The summed E-state index contributed by atoms with van der Waals surface area (Å²) in [4.78, 5) is 11.0. The van der Waals surface area contributed by atoms with E-state index in [1.54, 1.807) is 7.05 Å². The Kier molecular flexibility index (Phi) is 1.81. The molecule has 0 atom stereocenters. The highest BCUT2D eigenvalue weighted by Gasteiger charge is 2.13. The second kappa shape index (κ2) is 2.85. The van der Waals surface area contributed by atoms with E-state index in [0.717, 1.165) is 10.9 Å². The fourth-order valence-electron chi connectivity index (χ4n) is 1.38. The predicted octanol–water partition coefficient (Wildman–Crippen LogP) is 1.95. The molecular weight excluding hydrogens is 188 g/mol. The van der Waals surface area contributed by atoms with Gasteiger partial charge < -0.3 is 0 Å². The Morgan fingerprint density at radius 1 is 1.46 bits per heavy atom. The summed E-state index contributed by atoms with van der Waals surface area (Å²) >= 11 is 5.43. The van der Waals surface area contributed by atoms with E-state index in [-0.39, 0.29) is 0 Å². The zero-order valence-corrected chi connectivity index (χ0v) is 7.75. The number of benzene rings is 1. The molecule has 0 bridgehead atoms. The van der Waals surface area contributed by atoms with E-state index in [1.807, 2.05) is 24.3 Å². The van der Waals surface area contributed by atoms with Crippen LogP contribution in [-0.4, -0.2) is 15.0 Å². The zero-order chi connectivity index (χ0) is 9.42. The average molecular weight is 195 g/mol. The second-order valence-corrected chi connectivity index (χ2v) is 3.11. The number of hydrogen-bond donors (Lipinski definition) is 0. The van der Waals surface area contributed by atoms with Crippen LogP contribution in [0.1, 0.15) is 10.5 Å². The lowest BCUT2D eigenvalue weighted by Crippen LogP contribution is -2.00. The molecule has 0 fully saturated rings. The van der Waals surface area contributed by atoms with Gasteiger partial charge in [-0.3, -0.25) is 9.48 Å². The lowest BCUT2D eigenvalue weighted by atomic mass is 10.2. The molecule has 0 radical (unpaired) electrons. The van der Waals surface area contributed by atoms with E-state index >= 15 is 0 Å². The van der Waals surface area contributed by atoms with Crippen molar-refractivity contribution in [1.29, 1.82) is 0 Å². The summed E-state index contributed by atoms with van der Waals surface area (Å²) in [5.41, 5.74) is 1.23. The van der Waals surface area contributed by atoms with Gasteiger partial charge in [-0.05, 0) is 17.7 Å². The first-order valence-corrected chi connectivity index (χ1v) is 4.19. The van der Waals surface area contributed by atoms with E-state index in [0.29, 0.717) is 5.69 Å². The van der Waals surface area contributed by atoms with Gasteiger partial charge in [0, 0.05) is 12.4 Å². The molecule has 2 aromatic rings. The third-order valence-corrected chi connectivity index (χ3v) is 2.11. The Balaban J connectivity index is 2.86. The molecule has 0 saturated heterocycles. The molecule has 3 nitrogen and oxygen atoms in total. The van der Waals surface area contributed by atoms with Gasteiger partial charge >= 0.3 is 0 Å². The summed E-state index contributed by atoms with van der Waals surface area (Å²) in [5, 5.41) is 4.47.